The minimum Gasteiger partial charge on any atom is -0.354 e. The molecule has 0 aliphatic heterocycles. The maximum absolute atomic E-state index is 13.2. The minimum absolute atomic E-state index is 0.101. The van der Waals surface area contributed by atoms with Gasteiger partial charge in [-0.1, -0.05) is 48.9 Å². The highest BCUT2D eigenvalue weighted by Gasteiger charge is 2.26. The lowest BCUT2D eigenvalue weighted by Gasteiger charge is -2.29. The molecule has 2 aromatic rings. The van der Waals surface area contributed by atoms with Crippen molar-refractivity contribution in [2.24, 2.45) is 0 Å². The van der Waals surface area contributed by atoms with Crippen molar-refractivity contribution in [3.63, 3.8) is 0 Å². The van der Waals surface area contributed by atoms with Gasteiger partial charge >= 0.3 is 0 Å². The topological polar surface area (TPSA) is 86.8 Å². The van der Waals surface area contributed by atoms with Gasteiger partial charge in [0.15, 0.2) is 0 Å². The monoisotopic (exact) mass is 507 g/mol. The molecule has 0 bridgehead atoms. The molecule has 0 radical (unpaired) electrons. The summed E-state index contributed by atoms with van der Waals surface area (Å²) in [6, 6.07) is 13.7. The van der Waals surface area contributed by atoms with Crippen molar-refractivity contribution in [1.82, 2.24) is 10.2 Å². The molecule has 0 heterocycles. The average molecular weight is 508 g/mol. The first-order valence-corrected chi connectivity index (χ1v) is 13.6. The van der Waals surface area contributed by atoms with Crippen LogP contribution < -0.4 is 9.62 Å². The molecular weight excluding hydrogens is 474 g/mol. The lowest BCUT2D eigenvalue weighted by Crippen LogP contribution is -2.47. The third-order valence-corrected chi connectivity index (χ3v) is 6.91. The van der Waals surface area contributed by atoms with Gasteiger partial charge in [0.2, 0.25) is 21.8 Å². The largest absolute Gasteiger partial charge is 0.354 e. The van der Waals surface area contributed by atoms with Crippen LogP contribution in [0.5, 0.6) is 0 Å². The first kappa shape index (κ1) is 27.7. The molecule has 0 saturated carbocycles. The van der Waals surface area contributed by atoms with Gasteiger partial charge in [0.1, 0.15) is 6.04 Å². The van der Waals surface area contributed by atoms with E-state index in [9.17, 15) is 18.0 Å². The van der Waals surface area contributed by atoms with Crippen LogP contribution in [0, 0.1) is 6.92 Å². The van der Waals surface area contributed by atoms with E-state index >= 15 is 0 Å². The Labute approximate surface area is 208 Å². The van der Waals surface area contributed by atoms with Gasteiger partial charge in [0.05, 0.1) is 11.9 Å². The standard InChI is InChI=1S/C25H34ClN3O4S/c1-5-15-27-25(31)20(3)28(18-21-11-8-12-22(26)17-21)24(30)14-9-16-29(34(4,32)33)23-13-7-6-10-19(23)2/h6-8,10-13,17,20H,5,9,14-16,18H2,1-4H3,(H,27,31)/t20-/m0/s1. The summed E-state index contributed by atoms with van der Waals surface area (Å²) in [6.07, 6.45) is 2.37. The van der Waals surface area contributed by atoms with E-state index in [1.54, 1.807) is 37.3 Å². The predicted octanol–water partition coefficient (Wildman–Crippen LogP) is 4.14. The fourth-order valence-electron chi connectivity index (χ4n) is 3.64. The number of carbonyl (C=O) groups excluding carboxylic acids is 2. The first-order chi connectivity index (χ1) is 16.0. The maximum Gasteiger partial charge on any atom is 0.242 e. The summed E-state index contributed by atoms with van der Waals surface area (Å²) in [7, 11) is -3.52. The first-order valence-electron chi connectivity index (χ1n) is 11.4. The number of carbonyl (C=O) groups is 2. The van der Waals surface area contributed by atoms with E-state index in [4.69, 9.17) is 11.6 Å². The smallest absolute Gasteiger partial charge is 0.242 e. The fourth-order valence-corrected chi connectivity index (χ4v) is 4.87. The second-order valence-electron chi connectivity index (χ2n) is 8.34. The van der Waals surface area contributed by atoms with Crippen molar-refractivity contribution in [3.8, 4) is 0 Å². The third kappa shape index (κ3) is 8.02. The van der Waals surface area contributed by atoms with Gasteiger partial charge in [-0.2, -0.15) is 0 Å². The van der Waals surface area contributed by atoms with Crippen LogP contribution in [-0.2, 0) is 26.2 Å². The van der Waals surface area contributed by atoms with E-state index < -0.39 is 16.1 Å². The fraction of sp³-hybridized carbons (Fsp3) is 0.440. The average Bonchev–Trinajstić information content (AvgIpc) is 2.78. The van der Waals surface area contributed by atoms with Crippen LogP contribution in [0.2, 0.25) is 5.02 Å². The lowest BCUT2D eigenvalue weighted by molar-refractivity contribution is -0.140. The summed E-state index contributed by atoms with van der Waals surface area (Å²) in [5.41, 5.74) is 2.25. The van der Waals surface area contributed by atoms with Crippen LogP contribution in [0.4, 0.5) is 5.69 Å². The molecule has 0 aliphatic rings. The van der Waals surface area contributed by atoms with Crippen molar-refractivity contribution in [1.29, 1.82) is 0 Å². The number of rotatable bonds is 12. The number of aryl methyl sites for hydroxylation is 1. The highest BCUT2D eigenvalue weighted by molar-refractivity contribution is 7.92. The highest BCUT2D eigenvalue weighted by Crippen LogP contribution is 2.23. The third-order valence-electron chi connectivity index (χ3n) is 5.49. The highest BCUT2D eigenvalue weighted by atomic mass is 35.5. The molecule has 1 N–H and O–H groups in total. The summed E-state index contributed by atoms with van der Waals surface area (Å²) >= 11 is 6.11. The Morgan fingerprint density at radius 2 is 1.82 bits per heavy atom. The van der Waals surface area contributed by atoms with Crippen molar-refractivity contribution < 1.29 is 18.0 Å². The second-order valence-corrected chi connectivity index (χ2v) is 10.7. The molecule has 9 heteroatoms. The zero-order valence-corrected chi connectivity index (χ0v) is 21.8. The van der Waals surface area contributed by atoms with Crippen LogP contribution in [0.1, 0.15) is 44.2 Å². The van der Waals surface area contributed by atoms with E-state index in [2.05, 4.69) is 5.32 Å². The van der Waals surface area contributed by atoms with Crippen LogP contribution in [0.15, 0.2) is 48.5 Å². The van der Waals surface area contributed by atoms with E-state index in [0.29, 0.717) is 23.7 Å². The Kier molecular flexibility index (Phi) is 10.4. The predicted molar refractivity (Wildman–Crippen MR) is 137 cm³/mol. The summed E-state index contributed by atoms with van der Waals surface area (Å²) < 4.78 is 26.2. The Hall–Kier alpha value is -2.58. The molecule has 1 atom stereocenters. The maximum atomic E-state index is 13.2. The molecule has 0 aliphatic carbocycles. The zero-order valence-electron chi connectivity index (χ0n) is 20.3. The van der Waals surface area contributed by atoms with Gasteiger partial charge in [-0.05, 0) is 56.0 Å². The quantitative estimate of drug-likeness (QED) is 0.467. The van der Waals surface area contributed by atoms with Gasteiger partial charge in [-0.15, -0.1) is 0 Å². The molecule has 0 aromatic heterocycles. The second kappa shape index (κ2) is 12.8. The number of amides is 2. The molecule has 0 spiro atoms. The Balaban J connectivity index is 2.16. The van der Waals surface area contributed by atoms with Gasteiger partial charge < -0.3 is 10.2 Å². The molecule has 0 unspecified atom stereocenters. The number of nitrogens with zero attached hydrogens (tertiary/aromatic N) is 2. The molecule has 2 aromatic carbocycles. The number of halogens is 1. The van der Waals surface area contributed by atoms with Crippen LogP contribution in [0.3, 0.4) is 0 Å². The molecule has 186 valence electrons. The van der Waals surface area contributed by atoms with Crippen LogP contribution in [-0.4, -0.2) is 50.5 Å². The van der Waals surface area contributed by atoms with E-state index in [0.717, 1.165) is 23.8 Å². The summed E-state index contributed by atoms with van der Waals surface area (Å²) in [5.74, 6) is -0.452. The van der Waals surface area contributed by atoms with Crippen molar-refractivity contribution >= 4 is 39.1 Å². The molecule has 34 heavy (non-hydrogen) atoms. The number of sulfonamides is 1. The summed E-state index contributed by atoms with van der Waals surface area (Å²) in [5, 5.41) is 3.39. The molecule has 2 amide bonds. The number of hydrogen-bond donors (Lipinski definition) is 1. The number of nitrogens with one attached hydrogen (secondary N) is 1. The molecular formula is C25H34ClN3O4S. The van der Waals surface area contributed by atoms with Crippen LogP contribution >= 0.6 is 11.6 Å². The lowest BCUT2D eigenvalue weighted by atomic mass is 10.1. The number of anilines is 1. The minimum atomic E-state index is -3.52. The molecule has 0 saturated heterocycles. The summed E-state index contributed by atoms with van der Waals surface area (Å²) in [4.78, 5) is 27.4. The van der Waals surface area contributed by atoms with Gasteiger partial charge in [0.25, 0.3) is 0 Å². The number of benzene rings is 2. The normalized spacial score (nSPS) is 12.1. The zero-order chi connectivity index (χ0) is 25.3. The van der Waals surface area contributed by atoms with Crippen molar-refractivity contribution in [2.45, 2.75) is 52.6 Å². The molecule has 0 fully saturated rings. The number of hydrogen-bond acceptors (Lipinski definition) is 4. The van der Waals surface area contributed by atoms with Crippen LogP contribution in [0.25, 0.3) is 0 Å². The van der Waals surface area contributed by atoms with Gasteiger partial charge in [-0.3, -0.25) is 13.9 Å². The Bertz CT molecular complexity index is 1090. The molecule has 7 nitrogen and oxygen atoms in total. The summed E-state index contributed by atoms with van der Waals surface area (Å²) in [6.45, 7) is 6.43. The van der Waals surface area contributed by atoms with Gasteiger partial charge in [0, 0.05) is 31.1 Å². The molecule has 2 rings (SSSR count). The van der Waals surface area contributed by atoms with E-state index in [-0.39, 0.29) is 31.3 Å². The van der Waals surface area contributed by atoms with Gasteiger partial charge in [-0.25, -0.2) is 8.42 Å². The Morgan fingerprint density at radius 1 is 1.12 bits per heavy atom. The van der Waals surface area contributed by atoms with E-state index in [1.165, 1.54) is 9.21 Å². The number of para-hydroxylation sites is 1. The Morgan fingerprint density at radius 3 is 2.44 bits per heavy atom. The SMILES string of the molecule is CCCNC(=O)[C@H](C)N(Cc1cccc(Cl)c1)C(=O)CCCN(c1ccccc1C)S(C)(=O)=O. The van der Waals surface area contributed by atoms with Crippen molar-refractivity contribution in [3.05, 3.63) is 64.7 Å². The van der Waals surface area contributed by atoms with Crippen molar-refractivity contribution in [2.75, 3.05) is 23.7 Å². The van der Waals surface area contributed by atoms with E-state index in [1.807, 2.05) is 32.0 Å².